The van der Waals surface area contributed by atoms with Crippen LogP contribution in [0.2, 0.25) is 0 Å². The lowest BCUT2D eigenvalue weighted by Gasteiger charge is -2.24. The van der Waals surface area contributed by atoms with Crippen molar-refractivity contribution in [2.45, 2.75) is 44.8 Å². The van der Waals surface area contributed by atoms with Crippen molar-refractivity contribution in [3.05, 3.63) is 35.4 Å². The fraction of sp³-hybridized carbons (Fsp3) is 0.556. The van der Waals surface area contributed by atoms with Crippen molar-refractivity contribution >= 4 is 11.8 Å². The highest BCUT2D eigenvalue weighted by Gasteiger charge is 2.24. The number of benzene rings is 1. The summed E-state index contributed by atoms with van der Waals surface area (Å²) in [6.07, 6.45) is 5.36. The van der Waals surface area contributed by atoms with E-state index in [9.17, 15) is 9.59 Å². The monoisotopic (exact) mass is 316 g/mol. The standard InChI is InChI=1S/C18H24N2O3/c21-17(14-5-2-6-14)19-11-13-4-1-7-15(10-13)18(22)20-12-16-8-3-9-23-16/h1,4,7,10,14,16H,2-3,5-6,8-9,11-12H2,(H,19,21)(H,20,22). The van der Waals surface area contributed by atoms with Gasteiger partial charge in [0.2, 0.25) is 5.91 Å². The number of hydrogen-bond acceptors (Lipinski definition) is 3. The summed E-state index contributed by atoms with van der Waals surface area (Å²) in [7, 11) is 0. The molecular formula is C18H24N2O3. The maximum absolute atomic E-state index is 12.2. The van der Waals surface area contributed by atoms with Gasteiger partial charge in [0, 0.05) is 31.2 Å². The first-order valence-corrected chi connectivity index (χ1v) is 8.49. The lowest BCUT2D eigenvalue weighted by atomic mass is 9.85. The molecule has 1 heterocycles. The van der Waals surface area contributed by atoms with Crippen molar-refractivity contribution in [2.75, 3.05) is 13.2 Å². The fourth-order valence-electron chi connectivity index (χ4n) is 2.94. The summed E-state index contributed by atoms with van der Waals surface area (Å²) < 4.78 is 5.50. The number of carbonyl (C=O) groups is 2. The number of amides is 2. The molecule has 0 radical (unpaired) electrons. The third-order valence-corrected chi connectivity index (χ3v) is 4.65. The van der Waals surface area contributed by atoms with Crippen LogP contribution in [0.15, 0.2) is 24.3 Å². The van der Waals surface area contributed by atoms with Crippen LogP contribution in [0.1, 0.15) is 48.0 Å². The molecule has 3 rings (SSSR count). The van der Waals surface area contributed by atoms with Crippen LogP contribution in [-0.4, -0.2) is 31.1 Å². The highest BCUT2D eigenvalue weighted by atomic mass is 16.5. The average molecular weight is 316 g/mol. The molecule has 1 saturated carbocycles. The molecule has 0 spiro atoms. The number of rotatable bonds is 6. The lowest BCUT2D eigenvalue weighted by Crippen LogP contribution is -2.34. The van der Waals surface area contributed by atoms with Crippen LogP contribution in [0.3, 0.4) is 0 Å². The quantitative estimate of drug-likeness (QED) is 0.843. The van der Waals surface area contributed by atoms with Gasteiger partial charge in [-0.05, 0) is 43.4 Å². The Morgan fingerprint density at radius 3 is 2.70 bits per heavy atom. The summed E-state index contributed by atoms with van der Waals surface area (Å²) in [5.41, 5.74) is 1.57. The zero-order valence-electron chi connectivity index (χ0n) is 13.3. The van der Waals surface area contributed by atoms with Gasteiger partial charge in [-0.2, -0.15) is 0 Å². The zero-order valence-corrected chi connectivity index (χ0v) is 13.3. The van der Waals surface area contributed by atoms with Gasteiger partial charge in [0.25, 0.3) is 5.91 Å². The minimum Gasteiger partial charge on any atom is -0.376 e. The van der Waals surface area contributed by atoms with E-state index in [1.807, 2.05) is 18.2 Å². The van der Waals surface area contributed by atoms with Crippen LogP contribution >= 0.6 is 0 Å². The van der Waals surface area contributed by atoms with E-state index in [-0.39, 0.29) is 23.8 Å². The predicted molar refractivity (Wildman–Crippen MR) is 86.9 cm³/mol. The van der Waals surface area contributed by atoms with Gasteiger partial charge in [-0.25, -0.2) is 0 Å². The summed E-state index contributed by atoms with van der Waals surface area (Å²) in [5, 5.41) is 5.87. The number of carbonyl (C=O) groups excluding carboxylic acids is 2. The molecule has 23 heavy (non-hydrogen) atoms. The normalized spacial score (nSPS) is 20.8. The van der Waals surface area contributed by atoms with Crippen LogP contribution in [-0.2, 0) is 16.1 Å². The molecule has 2 amide bonds. The molecule has 124 valence electrons. The third-order valence-electron chi connectivity index (χ3n) is 4.65. The Bertz CT molecular complexity index is 563. The largest absolute Gasteiger partial charge is 0.376 e. The Labute approximate surface area is 136 Å². The highest BCUT2D eigenvalue weighted by molar-refractivity contribution is 5.94. The van der Waals surface area contributed by atoms with Gasteiger partial charge in [0.05, 0.1) is 6.10 Å². The van der Waals surface area contributed by atoms with E-state index >= 15 is 0 Å². The van der Waals surface area contributed by atoms with E-state index in [2.05, 4.69) is 10.6 Å². The van der Waals surface area contributed by atoms with Gasteiger partial charge in [0.15, 0.2) is 0 Å². The van der Waals surface area contributed by atoms with Gasteiger partial charge in [-0.15, -0.1) is 0 Å². The maximum Gasteiger partial charge on any atom is 0.251 e. The third kappa shape index (κ3) is 4.32. The van der Waals surface area contributed by atoms with Crippen molar-refractivity contribution in [1.29, 1.82) is 0 Å². The van der Waals surface area contributed by atoms with Gasteiger partial charge < -0.3 is 15.4 Å². The molecule has 0 aromatic heterocycles. The molecule has 2 fully saturated rings. The van der Waals surface area contributed by atoms with E-state index < -0.39 is 0 Å². The smallest absolute Gasteiger partial charge is 0.251 e. The van der Waals surface area contributed by atoms with Crippen molar-refractivity contribution in [1.82, 2.24) is 10.6 Å². The molecule has 2 N–H and O–H groups in total. The summed E-state index contributed by atoms with van der Waals surface area (Å²) >= 11 is 0. The van der Waals surface area contributed by atoms with Crippen LogP contribution in [0.5, 0.6) is 0 Å². The molecule has 1 aromatic carbocycles. The lowest BCUT2D eigenvalue weighted by molar-refractivity contribution is -0.127. The number of ether oxygens (including phenoxy) is 1. The van der Waals surface area contributed by atoms with Crippen LogP contribution in [0.4, 0.5) is 0 Å². The van der Waals surface area contributed by atoms with E-state index in [0.717, 1.165) is 44.3 Å². The average Bonchev–Trinajstić information content (AvgIpc) is 3.02. The first kappa shape index (κ1) is 16.0. The SMILES string of the molecule is O=C(NCC1CCCO1)c1cccc(CNC(=O)C2CCC2)c1. The summed E-state index contributed by atoms with van der Waals surface area (Å²) in [5.74, 6) is 0.227. The predicted octanol–water partition coefficient (Wildman–Crippen LogP) is 2.01. The second kappa shape index (κ2) is 7.59. The van der Waals surface area contributed by atoms with Gasteiger partial charge in [0.1, 0.15) is 0 Å². The van der Waals surface area contributed by atoms with Gasteiger partial charge >= 0.3 is 0 Å². The van der Waals surface area contributed by atoms with Crippen molar-refractivity contribution in [3.8, 4) is 0 Å². The van der Waals surface area contributed by atoms with Crippen molar-refractivity contribution in [2.24, 2.45) is 5.92 Å². The van der Waals surface area contributed by atoms with E-state index in [1.54, 1.807) is 6.07 Å². The molecule has 1 atom stereocenters. The Morgan fingerprint density at radius 2 is 2.00 bits per heavy atom. The van der Waals surface area contributed by atoms with Crippen LogP contribution < -0.4 is 10.6 Å². The van der Waals surface area contributed by atoms with Gasteiger partial charge in [-0.3, -0.25) is 9.59 Å². The molecule has 5 nitrogen and oxygen atoms in total. The van der Waals surface area contributed by atoms with Crippen LogP contribution in [0, 0.1) is 5.92 Å². The molecule has 1 saturated heterocycles. The Balaban J connectivity index is 1.49. The van der Waals surface area contributed by atoms with Crippen molar-refractivity contribution < 1.29 is 14.3 Å². The molecule has 1 unspecified atom stereocenters. The summed E-state index contributed by atoms with van der Waals surface area (Å²) in [6, 6.07) is 7.41. The second-order valence-electron chi connectivity index (χ2n) is 6.39. The van der Waals surface area contributed by atoms with Gasteiger partial charge in [-0.1, -0.05) is 18.6 Å². The van der Waals surface area contributed by atoms with E-state index in [1.165, 1.54) is 0 Å². The first-order valence-electron chi connectivity index (χ1n) is 8.49. The Kier molecular flexibility index (Phi) is 5.28. The topological polar surface area (TPSA) is 67.4 Å². The van der Waals surface area contributed by atoms with Crippen molar-refractivity contribution in [3.63, 3.8) is 0 Å². The molecule has 1 aliphatic carbocycles. The summed E-state index contributed by atoms with van der Waals surface area (Å²) in [4.78, 5) is 24.1. The number of nitrogens with one attached hydrogen (secondary N) is 2. The maximum atomic E-state index is 12.2. The molecule has 1 aromatic rings. The Hall–Kier alpha value is -1.88. The molecular weight excluding hydrogens is 292 g/mol. The second-order valence-corrected chi connectivity index (χ2v) is 6.39. The highest BCUT2D eigenvalue weighted by Crippen LogP contribution is 2.26. The van der Waals surface area contributed by atoms with E-state index in [4.69, 9.17) is 4.74 Å². The minimum atomic E-state index is -0.0901. The number of hydrogen-bond donors (Lipinski definition) is 2. The molecule has 1 aliphatic heterocycles. The molecule has 0 bridgehead atoms. The van der Waals surface area contributed by atoms with E-state index in [0.29, 0.717) is 18.7 Å². The Morgan fingerprint density at radius 1 is 1.13 bits per heavy atom. The summed E-state index contributed by atoms with van der Waals surface area (Å²) in [6.45, 7) is 1.82. The minimum absolute atomic E-state index is 0.0901. The fourth-order valence-corrected chi connectivity index (χ4v) is 2.94. The molecule has 5 heteroatoms. The molecule has 2 aliphatic rings. The first-order chi connectivity index (χ1) is 11.2. The van der Waals surface area contributed by atoms with Crippen LogP contribution in [0.25, 0.3) is 0 Å². The zero-order chi connectivity index (χ0) is 16.1.